The normalized spacial score (nSPS) is 17.1. The van der Waals surface area contributed by atoms with Gasteiger partial charge in [-0.1, -0.05) is 17.7 Å². The predicted molar refractivity (Wildman–Crippen MR) is 111 cm³/mol. The molecule has 160 valence electrons. The first kappa shape index (κ1) is 20.6. The molecule has 0 aromatic heterocycles. The van der Waals surface area contributed by atoms with Gasteiger partial charge in [0, 0.05) is 11.8 Å². The second kappa shape index (κ2) is 8.25. The minimum Gasteiger partial charge on any atom is -0.454 e. The molecule has 30 heavy (non-hydrogen) atoms. The fraction of sp³-hybridized carbons (Fsp3) is 0.381. The fourth-order valence-corrected chi connectivity index (χ4v) is 5.50. The summed E-state index contributed by atoms with van der Waals surface area (Å²) < 4.78 is 38.1. The average Bonchev–Trinajstić information content (AvgIpc) is 3.16. The summed E-state index contributed by atoms with van der Waals surface area (Å²) in [6.45, 7) is 6.18. The number of rotatable bonds is 5. The van der Waals surface area contributed by atoms with Crippen LogP contribution in [0.4, 0.5) is 5.69 Å². The van der Waals surface area contributed by atoms with Gasteiger partial charge in [0.05, 0.1) is 31.1 Å². The number of carbonyl (C=O) groups is 1. The van der Waals surface area contributed by atoms with Crippen LogP contribution in [0.25, 0.3) is 0 Å². The van der Waals surface area contributed by atoms with Gasteiger partial charge in [0.2, 0.25) is 16.8 Å². The molecule has 0 radical (unpaired) electrons. The average molecular weight is 433 g/mol. The van der Waals surface area contributed by atoms with Crippen molar-refractivity contribution in [3.63, 3.8) is 0 Å². The van der Waals surface area contributed by atoms with Crippen LogP contribution in [0, 0.1) is 13.8 Å². The Morgan fingerprint density at radius 3 is 2.53 bits per heavy atom. The number of nitrogens with zero attached hydrogens (tertiary/aromatic N) is 1. The number of nitrogens with one attached hydrogen (secondary N) is 2. The van der Waals surface area contributed by atoms with Crippen LogP contribution in [0.1, 0.15) is 11.1 Å². The van der Waals surface area contributed by atoms with E-state index in [1.165, 1.54) is 4.31 Å². The van der Waals surface area contributed by atoms with Gasteiger partial charge in [0.1, 0.15) is 0 Å². The number of hydrogen-bond donors (Lipinski definition) is 2. The quantitative estimate of drug-likeness (QED) is 0.721. The monoisotopic (exact) mass is 432 g/mol. The minimum atomic E-state index is -3.52. The number of aryl methyl sites for hydroxylation is 2. The number of sulfonamides is 1. The molecule has 0 atom stereocenters. The van der Waals surface area contributed by atoms with Crippen LogP contribution >= 0.6 is 0 Å². The molecule has 2 aromatic rings. The van der Waals surface area contributed by atoms with E-state index in [0.717, 1.165) is 16.0 Å². The number of fused-ring (bicyclic) bond motifs is 1. The van der Waals surface area contributed by atoms with E-state index in [4.69, 9.17) is 9.47 Å². The van der Waals surface area contributed by atoms with E-state index in [1.54, 1.807) is 24.3 Å². The summed E-state index contributed by atoms with van der Waals surface area (Å²) >= 11 is 0. The number of amides is 1. The van der Waals surface area contributed by atoms with Gasteiger partial charge in [-0.15, -0.1) is 0 Å². The second-order valence-corrected chi connectivity index (χ2v) is 9.62. The van der Waals surface area contributed by atoms with E-state index in [9.17, 15) is 13.2 Å². The molecule has 0 bridgehead atoms. The molecule has 2 heterocycles. The van der Waals surface area contributed by atoms with Crippen molar-refractivity contribution in [3.8, 4) is 11.5 Å². The van der Waals surface area contributed by atoms with E-state index < -0.39 is 10.0 Å². The molecule has 0 saturated carbocycles. The molecule has 2 aliphatic rings. The Balaban J connectivity index is 1.32. The van der Waals surface area contributed by atoms with Crippen LogP contribution in [-0.4, -0.2) is 58.1 Å². The van der Waals surface area contributed by atoms with Crippen LogP contribution in [-0.2, 0) is 14.8 Å². The Bertz CT molecular complexity index is 1060. The highest BCUT2D eigenvalue weighted by molar-refractivity contribution is 7.89. The van der Waals surface area contributed by atoms with Crippen LogP contribution in [0.5, 0.6) is 11.5 Å². The molecule has 9 heteroatoms. The lowest BCUT2D eigenvalue weighted by molar-refractivity contribution is -0.895. The molecule has 2 aromatic carbocycles. The number of piperazine rings is 1. The Labute approximate surface area is 176 Å². The van der Waals surface area contributed by atoms with E-state index in [-0.39, 0.29) is 19.2 Å². The zero-order valence-corrected chi connectivity index (χ0v) is 17.9. The third kappa shape index (κ3) is 4.28. The summed E-state index contributed by atoms with van der Waals surface area (Å²) in [4.78, 5) is 13.8. The Morgan fingerprint density at radius 2 is 1.80 bits per heavy atom. The molecular weight excluding hydrogens is 406 g/mol. The SMILES string of the molecule is Cc1ccc(S(=O)(=O)N2CC[NH+](CC(=O)Nc3ccc4c(c3)OCO4)CC2)c(C)c1. The predicted octanol–water partition coefficient (Wildman–Crippen LogP) is 0.560. The summed E-state index contributed by atoms with van der Waals surface area (Å²) in [5, 5.41) is 2.87. The van der Waals surface area contributed by atoms with Gasteiger partial charge < -0.3 is 19.7 Å². The molecular formula is C21H26N3O5S+. The van der Waals surface area contributed by atoms with Crippen molar-refractivity contribution in [1.82, 2.24) is 4.31 Å². The van der Waals surface area contributed by atoms with Crippen molar-refractivity contribution in [2.24, 2.45) is 0 Å². The zero-order chi connectivity index (χ0) is 21.3. The van der Waals surface area contributed by atoms with Crippen molar-refractivity contribution in [3.05, 3.63) is 47.5 Å². The number of carbonyl (C=O) groups excluding carboxylic acids is 1. The van der Waals surface area contributed by atoms with Crippen LogP contribution in [0.3, 0.4) is 0 Å². The summed E-state index contributed by atoms with van der Waals surface area (Å²) in [6, 6.07) is 10.7. The highest BCUT2D eigenvalue weighted by Gasteiger charge is 2.32. The topological polar surface area (TPSA) is 89.4 Å². The molecule has 2 aliphatic heterocycles. The molecule has 2 N–H and O–H groups in total. The first-order valence-corrected chi connectivity index (χ1v) is 11.4. The maximum absolute atomic E-state index is 13.0. The smallest absolute Gasteiger partial charge is 0.279 e. The summed E-state index contributed by atoms with van der Waals surface area (Å²) in [7, 11) is -3.52. The highest BCUT2D eigenvalue weighted by atomic mass is 32.2. The van der Waals surface area contributed by atoms with Gasteiger partial charge in [-0.3, -0.25) is 4.79 Å². The van der Waals surface area contributed by atoms with Gasteiger partial charge in [-0.2, -0.15) is 4.31 Å². The molecule has 8 nitrogen and oxygen atoms in total. The molecule has 0 unspecified atom stereocenters. The van der Waals surface area contributed by atoms with Gasteiger partial charge in [0.15, 0.2) is 18.0 Å². The standard InChI is InChI=1S/C21H25N3O5S/c1-15-3-6-20(16(2)11-15)30(26,27)24-9-7-23(8-10-24)13-21(25)22-17-4-5-18-19(12-17)29-14-28-18/h3-6,11-12H,7-10,13-14H2,1-2H3,(H,22,25)/p+1. The number of anilines is 1. The zero-order valence-electron chi connectivity index (χ0n) is 17.1. The summed E-state index contributed by atoms with van der Waals surface area (Å²) in [5.74, 6) is 1.17. The van der Waals surface area contributed by atoms with Gasteiger partial charge in [-0.25, -0.2) is 8.42 Å². The third-order valence-electron chi connectivity index (χ3n) is 5.44. The number of quaternary nitrogens is 1. The first-order valence-electron chi connectivity index (χ1n) is 9.93. The summed E-state index contributed by atoms with van der Waals surface area (Å²) in [5.41, 5.74) is 2.45. The molecule has 0 aliphatic carbocycles. The Morgan fingerprint density at radius 1 is 1.07 bits per heavy atom. The van der Waals surface area contributed by atoms with E-state index in [0.29, 0.717) is 48.3 Å². The second-order valence-electron chi connectivity index (χ2n) is 7.72. The van der Waals surface area contributed by atoms with Gasteiger partial charge >= 0.3 is 0 Å². The Kier molecular flexibility index (Phi) is 5.68. The number of ether oxygens (including phenoxy) is 2. The van der Waals surface area contributed by atoms with Crippen molar-refractivity contribution >= 4 is 21.6 Å². The largest absolute Gasteiger partial charge is 0.454 e. The summed E-state index contributed by atoms with van der Waals surface area (Å²) in [6.07, 6.45) is 0. The molecule has 4 rings (SSSR count). The van der Waals surface area contributed by atoms with E-state index in [2.05, 4.69) is 5.32 Å². The van der Waals surface area contributed by atoms with Gasteiger partial charge in [-0.05, 0) is 37.6 Å². The highest BCUT2D eigenvalue weighted by Crippen LogP contribution is 2.34. The molecule has 0 spiro atoms. The van der Waals surface area contributed by atoms with Crippen molar-refractivity contribution in [1.29, 1.82) is 0 Å². The molecule has 1 amide bonds. The fourth-order valence-electron chi connectivity index (χ4n) is 3.85. The van der Waals surface area contributed by atoms with Crippen LogP contribution in [0.2, 0.25) is 0 Å². The number of benzene rings is 2. The lowest BCUT2D eigenvalue weighted by atomic mass is 10.2. The van der Waals surface area contributed by atoms with Crippen molar-refractivity contribution in [2.75, 3.05) is 44.8 Å². The van der Waals surface area contributed by atoms with Crippen LogP contribution in [0.15, 0.2) is 41.3 Å². The lowest BCUT2D eigenvalue weighted by Crippen LogP contribution is -3.15. The maximum Gasteiger partial charge on any atom is 0.279 e. The molecule has 1 fully saturated rings. The number of hydrogen-bond acceptors (Lipinski definition) is 5. The van der Waals surface area contributed by atoms with E-state index >= 15 is 0 Å². The van der Waals surface area contributed by atoms with Crippen molar-refractivity contribution in [2.45, 2.75) is 18.7 Å². The first-order chi connectivity index (χ1) is 14.3. The van der Waals surface area contributed by atoms with Crippen LogP contribution < -0.4 is 19.7 Å². The minimum absolute atomic E-state index is 0.116. The van der Waals surface area contributed by atoms with Gasteiger partial charge in [0.25, 0.3) is 5.91 Å². The Hall–Kier alpha value is -2.62. The van der Waals surface area contributed by atoms with E-state index in [1.807, 2.05) is 26.0 Å². The van der Waals surface area contributed by atoms with Crippen molar-refractivity contribution < 1.29 is 27.6 Å². The maximum atomic E-state index is 13.0. The third-order valence-corrected chi connectivity index (χ3v) is 7.50. The lowest BCUT2D eigenvalue weighted by Gasteiger charge is -2.31. The molecule has 1 saturated heterocycles.